The van der Waals surface area contributed by atoms with E-state index in [1.807, 2.05) is 31.2 Å². The number of methoxy groups -OCH3 is 1. The van der Waals surface area contributed by atoms with Crippen molar-refractivity contribution in [1.82, 2.24) is 9.62 Å². The third kappa shape index (κ3) is 4.72. The van der Waals surface area contributed by atoms with E-state index in [1.165, 1.54) is 4.31 Å². The quantitative estimate of drug-likeness (QED) is 0.806. The molecule has 0 bridgehead atoms. The number of aryl methyl sites for hydroxylation is 1. The van der Waals surface area contributed by atoms with Crippen LogP contribution < -0.4 is 10.1 Å². The maximum Gasteiger partial charge on any atom is 0.243 e. The first-order chi connectivity index (χ1) is 13.4. The topological polar surface area (TPSA) is 75.7 Å². The van der Waals surface area contributed by atoms with Crippen LogP contribution in [0.25, 0.3) is 0 Å². The van der Waals surface area contributed by atoms with Crippen molar-refractivity contribution in [1.29, 1.82) is 0 Å². The van der Waals surface area contributed by atoms with Crippen LogP contribution in [0.5, 0.6) is 5.75 Å². The van der Waals surface area contributed by atoms with Crippen LogP contribution in [-0.2, 0) is 21.4 Å². The summed E-state index contributed by atoms with van der Waals surface area (Å²) in [4.78, 5) is 12.9. The maximum absolute atomic E-state index is 12.9. The van der Waals surface area contributed by atoms with E-state index in [-0.39, 0.29) is 23.3 Å². The lowest BCUT2D eigenvalue weighted by molar-refractivity contribution is -0.126. The Kier molecular flexibility index (Phi) is 6.36. The summed E-state index contributed by atoms with van der Waals surface area (Å²) in [6.45, 7) is 2.98. The Labute approximate surface area is 166 Å². The van der Waals surface area contributed by atoms with Gasteiger partial charge in [-0.25, -0.2) is 8.42 Å². The van der Waals surface area contributed by atoms with Gasteiger partial charge < -0.3 is 10.1 Å². The highest BCUT2D eigenvalue weighted by atomic mass is 32.2. The molecule has 0 unspecified atom stereocenters. The molecule has 3 rings (SSSR count). The van der Waals surface area contributed by atoms with Gasteiger partial charge in [-0.2, -0.15) is 4.31 Å². The van der Waals surface area contributed by atoms with Crippen molar-refractivity contribution in [2.45, 2.75) is 31.2 Å². The van der Waals surface area contributed by atoms with E-state index in [4.69, 9.17) is 4.74 Å². The van der Waals surface area contributed by atoms with E-state index in [0.29, 0.717) is 25.9 Å². The number of amides is 1. The Balaban J connectivity index is 1.61. The molecular weight excluding hydrogens is 376 g/mol. The predicted octanol–water partition coefficient (Wildman–Crippen LogP) is 2.72. The lowest BCUT2D eigenvalue weighted by Crippen LogP contribution is -2.45. The third-order valence-corrected chi connectivity index (χ3v) is 6.92. The van der Waals surface area contributed by atoms with Gasteiger partial charge in [0.25, 0.3) is 0 Å². The zero-order valence-corrected chi connectivity index (χ0v) is 17.0. The van der Waals surface area contributed by atoms with Gasteiger partial charge in [0.05, 0.1) is 17.9 Å². The normalized spacial score (nSPS) is 17.9. The average molecular weight is 403 g/mol. The molecule has 0 aromatic heterocycles. The molecule has 1 fully saturated rings. The van der Waals surface area contributed by atoms with Crippen molar-refractivity contribution in [3.63, 3.8) is 0 Å². The highest BCUT2D eigenvalue weighted by molar-refractivity contribution is 7.89. The standard InChI is InChI=1S/C21H26N2O4S/c1-16-5-11-20(12-6-16)28(25,26)23-13-3-4-18(15-23)21(24)22-14-17-7-9-19(27-2)10-8-17/h5-12,18H,3-4,13-15H2,1-2H3,(H,22,24)/t18-/m0/s1. The number of sulfonamides is 1. The first-order valence-corrected chi connectivity index (χ1v) is 10.8. The van der Waals surface area contributed by atoms with Crippen molar-refractivity contribution < 1.29 is 17.9 Å². The molecule has 2 aromatic rings. The number of piperidine rings is 1. The number of nitrogens with zero attached hydrogens (tertiary/aromatic N) is 1. The van der Waals surface area contributed by atoms with Gasteiger partial charge in [-0.05, 0) is 49.6 Å². The van der Waals surface area contributed by atoms with Crippen LogP contribution in [0.3, 0.4) is 0 Å². The Morgan fingerprint density at radius 2 is 1.82 bits per heavy atom. The molecule has 1 N–H and O–H groups in total. The van der Waals surface area contributed by atoms with E-state index in [0.717, 1.165) is 16.9 Å². The van der Waals surface area contributed by atoms with Crippen LogP contribution in [0, 0.1) is 12.8 Å². The number of nitrogens with one attached hydrogen (secondary N) is 1. The molecule has 150 valence electrons. The lowest BCUT2D eigenvalue weighted by Gasteiger charge is -2.31. The summed E-state index contributed by atoms with van der Waals surface area (Å²) in [5.74, 6) is 0.311. The number of benzene rings is 2. The Hall–Kier alpha value is -2.38. The van der Waals surface area contributed by atoms with E-state index >= 15 is 0 Å². The van der Waals surface area contributed by atoms with Crippen LogP contribution in [0.4, 0.5) is 0 Å². The highest BCUT2D eigenvalue weighted by Gasteiger charge is 2.33. The van der Waals surface area contributed by atoms with Crippen LogP contribution in [-0.4, -0.2) is 38.8 Å². The second kappa shape index (κ2) is 8.75. The smallest absolute Gasteiger partial charge is 0.243 e. The highest BCUT2D eigenvalue weighted by Crippen LogP contribution is 2.24. The van der Waals surface area contributed by atoms with Crippen molar-refractivity contribution >= 4 is 15.9 Å². The summed E-state index contributed by atoms with van der Waals surface area (Å²) in [7, 11) is -1.97. The molecule has 1 aliphatic rings. The maximum atomic E-state index is 12.9. The molecular formula is C21H26N2O4S. The summed E-state index contributed by atoms with van der Waals surface area (Å²) in [5, 5.41) is 2.92. The van der Waals surface area contributed by atoms with E-state index in [2.05, 4.69) is 5.32 Å². The Bertz CT molecular complexity index is 908. The van der Waals surface area contributed by atoms with Gasteiger partial charge in [-0.15, -0.1) is 0 Å². The first-order valence-electron chi connectivity index (χ1n) is 9.37. The van der Waals surface area contributed by atoms with Crippen molar-refractivity contribution in [3.8, 4) is 5.75 Å². The molecule has 2 aromatic carbocycles. The summed E-state index contributed by atoms with van der Waals surface area (Å²) >= 11 is 0. The molecule has 0 saturated carbocycles. The number of carbonyl (C=O) groups is 1. The monoisotopic (exact) mass is 402 g/mol. The minimum atomic E-state index is -3.58. The molecule has 1 atom stereocenters. The number of rotatable bonds is 6. The van der Waals surface area contributed by atoms with Gasteiger partial charge >= 0.3 is 0 Å². The Morgan fingerprint density at radius 3 is 2.46 bits per heavy atom. The molecule has 0 radical (unpaired) electrons. The zero-order valence-electron chi connectivity index (χ0n) is 16.2. The van der Waals surface area contributed by atoms with Crippen LogP contribution in [0.1, 0.15) is 24.0 Å². The van der Waals surface area contributed by atoms with Gasteiger partial charge in [0.2, 0.25) is 15.9 Å². The number of hydrogen-bond donors (Lipinski definition) is 1. The SMILES string of the molecule is COc1ccc(CNC(=O)[C@H]2CCCN(S(=O)(=O)c3ccc(C)cc3)C2)cc1. The lowest BCUT2D eigenvalue weighted by atomic mass is 9.99. The van der Waals surface area contributed by atoms with Crippen molar-refractivity contribution in [2.75, 3.05) is 20.2 Å². The molecule has 0 aliphatic carbocycles. The van der Waals surface area contributed by atoms with E-state index in [9.17, 15) is 13.2 Å². The molecule has 1 heterocycles. The molecule has 0 spiro atoms. The molecule has 6 nitrogen and oxygen atoms in total. The number of hydrogen-bond acceptors (Lipinski definition) is 4. The fourth-order valence-electron chi connectivity index (χ4n) is 3.31. The molecule has 1 aliphatic heterocycles. The zero-order chi connectivity index (χ0) is 20.1. The minimum Gasteiger partial charge on any atom is -0.497 e. The summed E-state index contributed by atoms with van der Waals surface area (Å²) in [6.07, 6.45) is 1.36. The van der Waals surface area contributed by atoms with Gasteiger partial charge in [0.1, 0.15) is 5.75 Å². The average Bonchev–Trinajstić information content (AvgIpc) is 2.72. The second-order valence-electron chi connectivity index (χ2n) is 7.08. The first kappa shape index (κ1) is 20.4. The van der Waals surface area contributed by atoms with Crippen molar-refractivity contribution in [3.05, 3.63) is 59.7 Å². The Morgan fingerprint density at radius 1 is 1.14 bits per heavy atom. The van der Waals surface area contributed by atoms with Gasteiger partial charge in [-0.1, -0.05) is 29.8 Å². The number of carbonyl (C=O) groups excluding carboxylic acids is 1. The van der Waals surface area contributed by atoms with Crippen LogP contribution in [0.15, 0.2) is 53.4 Å². The van der Waals surface area contributed by atoms with E-state index in [1.54, 1.807) is 31.4 Å². The van der Waals surface area contributed by atoms with Crippen molar-refractivity contribution in [2.24, 2.45) is 5.92 Å². The number of ether oxygens (including phenoxy) is 1. The van der Waals surface area contributed by atoms with E-state index < -0.39 is 10.0 Å². The van der Waals surface area contributed by atoms with Crippen LogP contribution >= 0.6 is 0 Å². The fraction of sp³-hybridized carbons (Fsp3) is 0.381. The largest absolute Gasteiger partial charge is 0.497 e. The summed E-state index contributed by atoms with van der Waals surface area (Å²) in [5.41, 5.74) is 1.97. The molecule has 1 amide bonds. The summed E-state index contributed by atoms with van der Waals surface area (Å²) in [6, 6.07) is 14.3. The van der Waals surface area contributed by atoms with Gasteiger partial charge in [0, 0.05) is 19.6 Å². The fourth-order valence-corrected chi connectivity index (χ4v) is 4.83. The molecule has 28 heavy (non-hydrogen) atoms. The van der Waals surface area contributed by atoms with Gasteiger partial charge in [-0.3, -0.25) is 4.79 Å². The van der Waals surface area contributed by atoms with Gasteiger partial charge in [0.15, 0.2) is 0 Å². The molecule has 7 heteroatoms. The summed E-state index contributed by atoms with van der Waals surface area (Å²) < 4.78 is 32.3. The third-order valence-electron chi connectivity index (χ3n) is 5.04. The minimum absolute atomic E-state index is 0.111. The second-order valence-corrected chi connectivity index (χ2v) is 9.02. The molecule has 1 saturated heterocycles. The predicted molar refractivity (Wildman–Crippen MR) is 108 cm³/mol. The van der Waals surface area contributed by atoms with Crippen LogP contribution in [0.2, 0.25) is 0 Å².